The first-order valence-corrected chi connectivity index (χ1v) is 6.17. The summed E-state index contributed by atoms with van der Waals surface area (Å²) in [5.74, 6) is -0.827. The van der Waals surface area contributed by atoms with Crippen LogP contribution in [0.5, 0.6) is 5.75 Å². The van der Waals surface area contributed by atoms with Crippen LogP contribution in [-0.2, 0) is 6.54 Å². The van der Waals surface area contributed by atoms with Crippen molar-refractivity contribution in [3.05, 3.63) is 29.6 Å². The quantitative estimate of drug-likeness (QED) is 0.846. The van der Waals surface area contributed by atoms with Crippen molar-refractivity contribution in [3.8, 4) is 5.75 Å². The molecule has 1 aromatic rings. The molecule has 17 heavy (non-hydrogen) atoms. The van der Waals surface area contributed by atoms with E-state index in [9.17, 15) is 4.39 Å². The van der Waals surface area contributed by atoms with E-state index in [1.807, 2.05) is 0 Å². The van der Waals surface area contributed by atoms with Crippen molar-refractivity contribution in [2.24, 2.45) is 5.41 Å². The number of aromatic hydroxyl groups is 1. The van der Waals surface area contributed by atoms with Crippen LogP contribution in [0, 0.1) is 11.2 Å². The first-order valence-electron chi connectivity index (χ1n) is 6.17. The van der Waals surface area contributed by atoms with Gasteiger partial charge in [0.15, 0.2) is 11.6 Å². The van der Waals surface area contributed by atoms with E-state index < -0.39 is 5.82 Å². The maximum Gasteiger partial charge on any atom is 0.165 e. The molecule has 3 heteroatoms. The maximum atomic E-state index is 13.1. The van der Waals surface area contributed by atoms with Gasteiger partial charge < -0.3 is 10.4 Å². The highest BCUT2D eigenvalue weighted by atomic mass is 19.1. The molecule has 0 bridgehead atoms. The van der Waals surface area contributed by atoms with E-state index in [0.717, 1.165) is 5.56 Å². The van der Waals surface area contributed by atoms with Crippen molar-refractivity contribution in [2.45, 2.75) is 45.7 Å². The summed E-state index contributed by atoms with van der Waals surface area (Å²) in [4.78, 5) is 0. The molecular weight excluding hydrogens is 217 g/mol. The van der Waals surface area contributed by atoms with Gasteiger partial charge in [0.25, 0.3) is 0 Å². The van der Waals surface area contributed by atoms with Crippen LogP contribution < -0.4 is 5.32 Å². The summed E-state index contributed by atoms with van der Waals surface area (Å²) < 4.78 is 13.1. The van der Waals surface area contributed by atoms with Gasteiger partial charge in [-0.2, -0.15) is 0 Å². The molecule has 2 nitrogen and oxygen atoms in total. The van der Waals surface area contributed by atoms with Gasteiger partial charge in [0.1, 0.15) is 0 Å². The van der Waals surface area contributed by atoms with Crippen LogP contribution in [0.3, 0.4) is 0 Å². The van der Waals surface area contributed by atoms with Crippen LogP contribution in [0.1, 0.15) is 38.7 Å². The van der Waals surface area contributed by atoms with Gasteiger partial charge in [-0.1, -0.05) is 19.9 Å². The molecule has 2 rings (SSSR count). The number of rotatable bonds is 3. The number of hydrogen-bond acceptors (Lipinski definition) is 2. The minimum atomic E-state index is -0.545. The van der Waals surface area contributed by atoms with Crippen LogP contribution in [-0.4, -0.2) is 11.1 Å². The second-order valence-corrected chi connectivity index (χ2v) is 5.77. The van der Waals surface area contributed by atoms with Crippen molar-refractivity contribution >= 4 is 0 Å². The molecule has 1 fully saturated rings. The van der Waals surface area contributed by atoms with Crippen molar-refractivity contribution in [3.63, 3.8) is 0 Å². The highest BCUT2D eigenvalue weighted by molar-refractivity contribution is 5.27. The predicted octanol–water partition coefficient (Wildman–Crippen LogP) is 3.20. The van der Waals surface area contributed by atoms with Gasteiger partial charge >= 0.3 is 0 Å². The second-order valence-electron chi connectivity index (χ2n) is 5.77. The highest BCUT2D eigenvalue weighted by Crippen LogP contribution is 2.36. The Morgan fingerprint density at radius 2 is 2.24 bits per heavy atom. The van der Waals surface area contributed by atoms with Crippen molar-refractivity contribution < 1.29 is 9.50 Å². The number of nitrogens with one attached hydrogen (secondary N) is 1. The van der Waals surface area contributed by atoms with Crippen LogP contribution >= 0.6 is 0 Å². The second kappa shape index (κ2) is 4.65. The standard InChI is InChI=1S/C14H20FNO/c1-14(2)6-5-11(8-14)16-9-10-3-4-13(17)12(15)7-10/h3-4,7,11,16-17H,5-6,8-9H2,1-2H3. The number of benzene rings is 1. The summed E-state index contributed by atoms with van der Waals surface area (Å²) >= 11 is 0. The summed E-state index contributed by atoms with van der Waals surface area (Å²) in [6.45, 7) is 5.24. The Labute approximate surface area is 102 Å². The fourth-order valence-electron chi connectivity index (χ4n) is 2.53. The van der Waals surface area contributed by atoms with Gasteiger partial charge in [-0.3, -0.25) is 0 Å². The number of halogens is 1. The molecule has 1 saturated carbocycles. The molecule has 0 amide bonds. The first-order chi connectivity index (χ1) is 7.96. The van der Waals surface area contributed by atoms with E-state index in [1.54, 1.807) is 6.07 Å². The average molecular weight is 237 g/mol. The SMILES string of the molecule is CC1(C)CCC(NCc2ccc(O)c(F)c2)C1. The zero-order valence-electron chi connectivity index (χ0n) is 10.5. The molecule has 1 unspecified atom stereocenters. The normalized spacial score (nSPS) is 22.9. The van der Waals surface area contributed by atoms with Crippen molar-refractivity contribution in [1.29, 1.82) is 0 Å². The van der Waals surface area contributed by atoms with Crippen LogP contribution in [0.4, 0.5) is 4.39 Å². The smallest absolute Gasteiger partial charge is 0.165 e. The number of phenolic OH excluding ortho intramolecular Hbond substituents is 1. The predicted molar refractivity (Wildman–Crippen MR) is 66.3 cm³/mol. The Bertz CT molecular complexity index is 403. The summed E-state index contributed by atoms with van der Waals surface area (Å²) in [6, 6.07) is 5.08. The molecule has 0 aliphatic heterocycles. The third kappa shape index (κ3) is 3.19. The lowest BCUT2D eigenvalue weighted by atomic mass is 9.92. The number of hydrogen-bond donors (Lipinski definition) is 2. The Balaban J connectivity index is 1.88. The molecule has 1 aromatic carbocycles. The lowest BCUT2D eigenvalue weighted by Crippen LogP contribution is -2.26. The number of phenols is 1. The molecule has 0 heterocycles. The third-order valence-electron chi connectivity index (χ3n) is 3.58. The van der Waals surface area contributed by atoms with Gasteiger partial charge in [0.2, 0.25) is 0 Å². The van der Waals surface area contributed by atoms with Gasteiger partial charge in [-0.05, 0) is 42.4 Å². The first kappa shape index (κ1) is 12.4. The van der Waals surface area contributed by atoms with E-state index in [1.165, 1.54) is 31.4 Å². The molecule has 1 atom stereocenters. The van der Waals surface area contributed by atoms with E-state index >= 15 is 0 Å². The van der Waals surface area contributed by atoms with Crippen LogP contribution in [0.25, 0.3) is 0 Å². The van der Waals surface area contributed by atoms with E-state index in [0.29, 0.717) is 18.0 Å². The molecule has 0 spiro atoms. The topological polar surface area (TPSA) is 32.3 Å². The lowest BCUT2D eigenvalue weighted by molar-refractivity contribution is 0.364. The summed E-state index contributed by atoms with van der Waals surface area (Å²) in [6.07, 6.45) is 3.61. The zero-order chi connectivity index (χ0) is 12.5. The van der Waals surface area contributed by atoms with E-state index in [4.69, 9.17) is 5.11 Å². The van der Waals surface area contributed by atoms with Crippen molar-refractivity contribution in [2.75, 3.05) is 0 Å². The van der Waals surface area contributed by atoms with E-state index in [-0.39, 0.29) is 5.75 Å². The Hall–Kier alpha value is -1.09. The minimum Gasteiger partial charge on any atom is -0.505 e. The fraction of sp³-hybridized carbons (Fsp3) is 0.571. The molecule has 0 aromatic heterocycles. The van der Waals surface area contributed by atoms with Gasteiger partial charge in [-0.25, -0.2) is 4.39 Å². The molecule has 1 aliphatic rings. The van der Waals surface area contributed by atoms with Gasteiger partial charge in [0, 0.05) is 12.6 Å². The zero-order valence-corrected chi connectivity index (χ0v) is 10.5. The molecule has 0 radical (unpaired) electrons. The molecule has 2 N–H and O–H groups in total. The van der Waals surface area contributed by atoms with E-state index in [2.05, 4.69) is 19.2 Å². The summed E-state index contributed by atoms with van der Waals surface area (Å²) in [5.41, 5.74) is 1.31. The van der Waals surface area contributed by atoms with Crippen molar-refractivity contribution in [1.82, 2.24) is 5.32 Å². The van der Waals surface area contributed by atoms with Gasteiger partial charge in [0.05, 0.1) is 0 Å². The minimum absolute atomic E-state index is 0.282. The monoisotopic (exact) mass is 237 g/mol. The molecule has 0 saturated heterocycles. The molecule has 1 aliphatic carbocycles. The largest absolute Gasteiger partial charge is 0.505 e. The maximum absolute atomic E-state index is 13.1. The molecule has 94 valence electrons. The summed E-state index contributed by atoms with van der Waals surface area (Å²) in [5, 5.41) is 12.5. The Kier molecular flexibility index (Phi) is 3.38. The Morgan fingerprint density at radius 3 is 2.82 bits per heavy atom. The lowest BCUT2D eigenvalue weighted by Gasteiger charge is -2.18. The van der Waals surface area contributed by atoms with Gasteiger partial charge in [-0.15, -0.1) is 0 Å². The van der Waals surface area contributed by atoms with Crippen LogP contribution in [0.15, 0.2) is 18.2 Å². The Morgan fingerprint density at radius 1 is 1.47 bits per heavy atom. The fourth-order valence-corrected chi connectivity index (χ4v) is 2.53. The van der Waals surface area contributed by atoms with Crippen LogP contribution in [0.2, 0.25) is 0 Å². The third-order valence-corrected chi connectivity index (χ3v) is 3.58. The average Bonchev–Trinajstić information content (AvgIpc) is 2.60. The summed E-state index contributed by atoms with van der Waals surface area (Å²) in [7, 11) is 0. The highest BCUT2D eigenvalue weighted by Gasteiger charge is 2.30. The molecular formula is C14H20FNO.